The predicted molar refractivity (Wildman–Crippen MR) is 109 cm³/mol. The standard InChI is InChI=1S/C21H25FN2O4S/c1-28-21(25)24-10-6-9-19(23-29(2,26)27)20(24)13-15-11-17(14-18(22)12-15)16-7-4-3-5-8-16/h3-5,7-8,11-12,14,19-20,23H,6,9-10,13H2,1-2H3/t19-,20-/m1/s1. The summed E-state index contributed by atoms with van der Waals surface area (Å²) >= 11 is 0. The van der Waals surface area contributed by atoms with Gasteiger partial charge >= 0.3 is 6.09 Å². The van der Waals surface area contributed by atoms with Crippen molar-refractivity contribution in [1.82, 2.24) is 9.62 Å². The van der Waals surface area contributed by atoms with Crippen LogP contribution in [0.4, 0.5) is 9.18 Å². The van der Waals surface area contributed by atoms with Crippen molar-refractivity contribution >= 4 is 16.1 Å². The van der Waals surface area contributed by atoms with Crippen LogP contribution in [-0.2, 0) is 21.2 Å². The molecule has 0 bridgehead atoms. The average Bonchev–Trinajstić information content (AvgIpc) is 2.68. The first-order chi connectivity index (χ1) is 13.8. The summed E-state index contributed by atoms with van der Waals surface area (Å²) in [6, 6.07) is 13.3. The highest BCUT2D eigenvalue weighted by Gasteiger charge is 2.36. The molecule has 1 aliphatic rings. The van der Waals surface area contributed by atoms with Gasteiger partial charge in [0, 0.05) is 12.6 Å². The lowest BCUT2D eigenvalue weighted by atomic mass is 9.90. The van der Waals surface area contributed by atoms with Crippen LogP contribution in [0.15, 0.2) is 48.5 Å². The number of piperidine rings is 1. The Morgan fingerprint density at radius 2 is 1.93 bits per heavy atom. The lowest BCUT2D eigenvalue weighted by Crippen LogP contribution is -2.57. The fourth-order valence-electron chi connectivity index (χ4n) is 3.87. The molecule has 156 valence electrons. The number of halogens is 1. The zero-order chi connectivity index (χ0) is 21.0. The first-order valence-corrected chi connectivity index (χ1v) is 11.3. The van der Waals surface area contributed by atoms with Gasteiger partial charge in [0.2, 0.25) is 10.0 Å². The first-order valence-electron chi connectivity index (χ1n) is 9.43. The number of benzene rings is 2. The van der Waals surface area contributed by atoms with Gasteiger partial charge in [-0.25, -0.2) is 22.3 Å². The quantitative estimate of drug-likeness (QED) is 0.806. The van der Waals surface area contributed by atoms with Gasteiger partial charge < -0.3 is 9.64 Å². The van der Waals surface area contributed by atoms with Crippen molar-refractivity contribution in [3.8, 4) is 11.1 Å². The molecule has 0 saturated carbocycles. The van der Waals surface area contributed by atoms with Gasteiger partial charge in [-0.1, -0.05) is 36.4 Å². The van der Waals surface area contributed by atoms with Gasteiger partial charge in [0.15, 0.2) is 0 Å². The van der Waals surface area contributed by atoms with Gasteiger partial charge in [-0.3, -0.25) is 0 Å². The highest BCUT2D eigenvalue weighted by atomic mass is 32.2. The summed E-state index contributed by atoms with van der Waals surface area (Å²) in [5, 5.41) is 0. The number of sulfonamides is 1. The Morgan fingerprint density at radius 1 is 1.21 bits per heavy atom. The van der Waals surface area contributed by atoms with Crippen molar-refractivity contribution < 1.29 is 22.3 Å². The topological polar surface area (TPSA) is 75.7 Å². The Kier molecular flexibility index (Phi) is 6.54. The van der Waals surface area contributed by atoms with Crippen LogP contribution < -0.4 is 4.72 Å². The predicted octanol–water partition coefficient (Wildman–Crippen LogP) is 3.18. The molecule has 1 N–H and O–H groups in total. The third-order valence-electron chi connectivity index (χ3n) is 5.06. The van der Waals surface area contributed by atoms with Crippen LogP contribution in [0.3, 0.4) is 0 Å². The van der Waals surface area contributed by atoms with E-state index in [0.29, 0.717) is 31.4 Å². The Balaban J connectivity index is 1.94. The maximum atomic E-state index is 14.3. The van der Waals surface area contributed by atoms with Gasteiger partial charge in [0.05, 0.1) is 19.4 Å². The summed E-state index contributed by atoms with van der Waals surface area (Å²) in [4.78, 5) is 13.8. The second-order valence-electron chi connectivity index (χ2n) is 7.29. The lowest BCUT2D eigenvalue weighted by molar-refractivity contribution is 0.0792. The van der Waals surface area contributed by atoms with Gasteiger partial charge in [-0.15, -0.1) is 0 Å². The third kappa shape index (κ3) is 5.55. The fraction of sp³-hybridized carbons (Fsp3) is 0.381. The molecule has 0 unspecified atom stereocenters. The first kappa shape index (κ1) is 21.3. The van der Waals surface area contributed by atoms with Crippen LogP contribution in [0.2, 0.25) is 0 Å². The van der Waals surface area contributed by atoms with E-state index < -0.39 is 28.2 Å². The molecule has 1 amide bonds. The minimum Gasteiger partial charge on any atom is -0.453 e. The molecule has 0 radical (unpaired) electrons. The molecule has 1 fully saturated rings. The molecule has 1 saturated heterocycles. The number of nitrogens with one attached hydrogen (secondary N) is 1. The fourth-order valence-corrected chi connectivity index (χ4v) is 4.70. The van der Waals surface area contributed by atoms with Crippen molar-refractivity contribution in [3.63, 3.8) is 0 Å². The van der Waals surface area contributed by atoms with Gasteiger partial charge in [0.1, 0.15) is 5.82 Å². The third-order valence-corrected chi connectivity index (χ3v) is 5.79. The Bertz CT molecular complexity index is 966. The van der Waals surface area contributed by atoms with Gasteiger partial charge in [-0.2, -0.15) is 0 Å². The van der Waals surface area contributed by atoms with Crippen molar-refractivity contribution in [3.05, 3.63) is 59.9 Å². The highest BCUT2D eigenvalue weighted by molar-refractivity contribution is 7.88. The summed E-state index contributed by atoms with van der Waals surface area (Å²) in [6.45, 7) is 0.458. The molecule has 0 spiro atoms. The molecule has 29 heavy (non-hydrogen) atoms. The van der Waals surface area contributed by atoms with Crippen LogP contribution in [-0.4, -0.2) is 51.4 Å². The number of hydrogen-bond acceptors (Lipinski definition) is 4. The largest absolute Gasteiger partial charge is 0.453 e. The summed E-state index contributed by atoms with van der Waals surface area (Å²) in [6.07, 6.45) is 2.12. The monoisotopic (exact) mass is 420 g/mol. The van der Waals surface area contributed by atoms with E-state index in [1.165, 1.54) is 24.1 Å². The number of amides is 1. The molecule has 0 aromatic heterocycles. The van der Waals surface area contributed by atoms with Crippen LogP contribution >= 0.6 is 0 Å². The van der Waals surface area contributed by atoms with E-state index in [9.17, 15) is 17.6 Å². The van der Waals surface area contributed by atoms with Crippen LogP contribution in [0.1, 0.15) is 18.4 Å². The highest BCUT2D eigenvalue weighted by Crippen LogP contribution is 2.26. The second-order valence-corrected chi connectivity index (χ2v) is 9.07. The van der Waals surface area contributed by atoms with Crippen LogP contribution in [0.5, 0.6) is 0 Å². The summed E-state index contributed by atoms with van der Waals surface area (Å²) in [5.74, 6) is -0.380. The second kappa shape index (κ2) is 8.92. The van der Waals surface area contributed by atoms with Gasteiger partial charge in [0.25, 0.3) is 0 Å². The molecule has 0 aliphatic carbocycles. The van der Waals surface area contributed by atoms with Crippen molar-refractivity contribution in [1.29, 1.82) is 0 Å². The van der Waals surface area contributed by atoms with E-state index >= 15 is 0 Å². The molecular formula is C21H25FN2O4S. The van der Waals surface area contributed by atoms with Crippen molar-refractivity contribution in [2.75, 3.05) is 19.9 Å². The Hall–Kier alpha value is -2.45. The minimum absolute atomic E-state index is 0.305. The molecule has 2 atom stereocenters. The normalized spacial score (nSPS) is 19.8. The number of hydrogen-bond donors (Lipinski definition) is 1. The Morgan fingerprint density at radius 3 is 2.59 bits per heavy atom. The number of carbonyl (C=O) groups excluding carboxylic acids is 1. The SMILES string of the molecule is COC(=O)N1CCC[C@@H](NS(C)(=O)=O)[C@H]1Cc1cc(F)cc(-c2ccccc2)c1. The molecule has 8 heteroatoms. The average molecular weight is 421 g/mol. The summed E-state index contributed by atoms with van der Waals surface area (Å²) in [7, 11) is -2.17. The molecule has 1 aliphatic heterocycles. The van der Waals surface area contributed by atoms with E-state index in [4.69, 9.17) is 4.74 Å². The Labute approximate surface area is 170 Å². The van der Waals surface area contributed by atoms with Crippen LogP contribution in [0.25, 0.3) is 11.1 Å². The smallest absolute Gasteiger partial charge is 0.409 e. The van der Waals surface area contributed by atoms with Crippen LogP contribution in [0, 0.1) is 5.82 Å². The number of ether oxygens (including phenoxy) is 1. The minimum atomic E-state index is -3.47. The molecule has 2 aromatic carbocycles. The molecule has 1 heterocycles. The van der Waals surface area contributed by atoms with E-state index in [0.717, 1.165) is 17.4 Å². The summed E-state index contributed by atoms with van der Waals surface area (Å²) in [5.41, 5.74) is 2.30. The maximum Gasteiger partial charge on any atom is 0.409 e. The zero-order valence-electron chi connectivity index (χ0n) is 16.5. The van der Waals surface area contributed by atoms with E-state index in [-0.39, 0.29) is 5.82 Å². The van der Waals surface area contributed by atoms with Crippen molar-refractivity contribution in [2.24, 2.45) is 0 Å². The van der Waals surface area contributed by atoms with Gasteiger partial charge in [-0.05, 0) is 48.1 Å². The number of nitrogens with zero attached hydrogens (tertiary/aromatic N) is 1. The lowest BCUT2D eigenvalue weighted by Gasteiger charge is -2.40. The zero-order valence-corrected chi connectivity index (χ0v) is 17.3. The molecular weight excluding hydrogens is 395 g/mol. The number of carbonyl (C=O) groups is 1. The molecule has 6 nitrogen and oxygen atoms in total. The van der Waals surface area contributed by atoms with E-state index in [1.807, 2.05) is 36.4 Å². The maximum absolute atomic E-state index is 14.3. The van der Waals surface area contributed by atoms with E-state index in [1.54, 1.807) is 0 Å². The van der Waals surface area contributed by atoms with Crippen molar-refractivity contribution in [2.45, 2.75) is 31.3 Å². The molecule has 3 rings (SSSR count). The summed E-state index contributed by atoms with van der Waals surface area (Å²) < 4.78 is 45.5. The molecule has 2 aromatic rings. The number of likely N-dealkylation sites (tertiary alicyclic amines) is 1. The van der Waals surface area contributed by atoms with E-state index in [2.05, 4.69) is 4.72 Å². The number of rotatable bonds is 5. The number of methoxy groups -OCH3 is 1.